The molecule has 0 spiro atoms. The Labute approximate surface area is 104 Å². The quantitative estimate of drug-likeness (QED) is 0.886. The summed E-state index contributed by atoms with van der Waals surface area (Å²) in [6.45, 7) is 0. The first-order valence-corrected chi connectivity index (χ1v) is 5.98. The minimum absolute atomic E-state index is 0.273. The molecule has 3 rings (SSSR count). The number of hydrogen-bond acceptors (Lipinski definition) is 1. The second-order valence-corrected chi connectivity index (χ2v) is 4.95. The second kappa shape index (κ2) is 3.50. The predicted octanol–water partition coefficient (Wildman–Crippen LogP) is 3.41. The van der Waals surface area contributed by atoms with Crippen molar-refractivity contribution in [2.24, 2.45) is 7.05 Å². The smallest absolute Gasteiger partial charge is 0.352 e. The molecule has 0 bridgehead atoms. The van der Waals surface area contributed by atoms with Gasteiger partial charge in [0.25, 0.3) is 0 Å². The molecular formula is C13H12ClNO2. The van der Waals surface area contributed by atoms with Crippen molar-refractivity contribution < 1.29 is 9.90 Å². The van der Waals surface area contributed by atoms with Crippen LogP contribution >= 0.6 is 11.6 Å². The topological polar surface area (TPSA) is 42.2 Å². The number of benzene rings is 1. The summed E-state index contributed by atoms with van der Waals surface area (Å²) in [6, 6.07) is 5.64. The number of carboxylic acids is 1. The van der Waals surface area contributed by atoms with Crippen molar-refractivity contribution in [1.29, 1.82) is 0 Å². The average Bonchev–Trinajstić information content (AvgIpc) is 3.05. The Balaban J connectivity index is 2.29. The van der Waals surface area contributed by atoms with E-state index in [2.05, 4.69) is 0 Å². The van der Waals surface area contributed by atoms with Crippen LogP contribution in [0.5, 0.6) is 0 Å². The summed E-state index contributed by atoms with van der Waals surface area (Å²) in [7, 11) is 1.75. The Morgan fingerprint density at radius 2 is 2.18 bits per heavy atom. The fourth-order valence-electron chi connectivity index (χ4n) is 2.31. The van der Waals surface area contributed by atoms with Crippen LogP contribution in [0.3, 0.4) is 0 Å². The van der Waals surface area contributed by atoms with Crippen LogP contribution in [-0.4, -0.2) is 15.6 Å². The first-order valence-electron chi connectivity index (χ1n) is 5.60. The molecule has 2 aromatic rings. The van der Waals surface area contributed by atoms with Gasteiger partial charge in [-0.2, -0.15) is 0 Å². The Kier molecular flexibility index (Phi) is 2.20. The highest BCUT2D eigenvalue weighted by Gasteiger charge is 2.27. The fraction of sp³-hybridized carbons (Fsp3) is 0.308. The third kappa shape index (κ3) is 1.53. The van der Waals surface area contributed by atoms with E-state index in [1.54, 1.807) is 17.7 Å². The predicted molar refractivity (Wildman–Crippen MR) is 66.9 cm³/mol. The van der Waals surface area contributed by atoms with Gasteiger partial charge in [-0.1, -0.05) is 17.7 Å². The van der Waals surface area contributed by atoms with Gasteiger partial charge in [-0.3, -0.25) is 0 Å². The number of aromatic nitrogens is 1. The number of halogens is 1. The Morgan fingerprint density at radius 1 is 1.47 bits per heavy atom. The molecule has 1 fully saturated rings. The van der Waals surface area contributed by atoms with Crippen molar-refractivity contribution in [2.75, 3.05) is 0 Å². The fourth-order valence-corrected chi connectivity index (χ4v) is 2.68. The molecule has 0 amide bonds. The van der Waals surface area contributed by atoms with Gasteiger partial charge < -0.3 is 9.67 Å². The van der Waals surface area contributed by atoms with Crippen LogP contribution in [-0.2, 0) is 7.05 Å². The molecule has 3 nitrogen and oxygen atoms in total. The average molecular weight is 250 g/mol. The molecule has 1 saturated carbocycles. The molecule has 88 valence electrons. The molecule has 4 heteroatoms. The van der Waals surface area contributed by atoms with E-state index in [-0.39, 0.29) is 5.69 Å². The number of aromatic carboxylic acids is 1. The number of aryl methyl sites for hydroxylation is 1. The maximum atomic E-state index is 11.1. The number of fused-ring (bicyclic) bond motifs is 1. The van der Waals surface area contributed by atoms with E-state index in [9.17, 15) is 4.79 Å². The lowest BCUT2D eigenvalue weighted by Crippen LogP contribution is -2.03. The van der Waals surface area contributed by atoms with Crippen molar-refractivity contribution in [3.8, 4) is 0 Å². The number of rotatable bonds is 2. The van der Waals surface area contributed by atoms with Crippen molar-refractivity contribution >= 4 is 28.5 Å². The standard InChI is InChI=1S/C13H12ClNO2/c1-15-10-5-4-8(7-2-3-7)12(14)9(10)6-11(15)13(16)17/h4-7H,2-3H2,1H3,(H,16,17). The molecule has 1 aliphatic rings. The van der Waals surface area contributed by atoms with E-state index in [0.29, 0.717) is 10.9 Å². The summed E-state index contributed by atoms with van der Waals surface area (Å²) in [5, 5.41) is 10.6. The number of nitrogens with zero attached hydrogens (tertiary/aromatic N) is 1. The van der Waals surface area contributed by atoms with E-state index < -0.39 is 5.97 Å². The van der Waals surface area contributed by atoms with E-state index in [0.717, 1.165) is 16.5 Å². The van der Waals surface area contributed by atoms with Crippen LogP contribution in [0.2, 0.25) is 5.02 Å². The molecule has 0 radical (unpaired) electrons. The highest BCUT2D eigenvalue weighted by molar-refractivity contribution is 6.36. The molecular weight excluding hydrogens is 238 g/mol. The summed E-state index contributed by atoms with van der Waals surface area (Å²) in [5.74, 6) is -0.354. The highest BCUT2D eigenvalue weighted by Crippen LogP contribution is 2.45. The largest absolute Gasteiger partial charge is 0.477 e. The first-order chi connectivity index (χ1) is 8.09. The lowest BCUT2D eigenvalue weighted by molar-refractivity contribution is 0.0687. The Morgan fingerprint density at radius 3 is 2.76 bits per heavy atom. The van der Waals surface area contributed by atoms with Crippen molar-refractivity contribution in [3.63, 3.8) is 0 Å². The maximum Gasteiger partial charge on any atom is 0.352 e. The van der Waals surface area contributed by atoms with Gasteiger partial charge in [-0.05, 0) is 36.5 Å². The molecule has 1 heterocycles. The van der Waals surface area contributed by atoms with Crippen molar-refractivity contribution in [2.45, 2.75) is 18.8 Å². The maximum absolute atomic E-state index is 11.1. The zero-order chi connectivity index (χ0) is 12.2. The van der Waals surface area contributed by atoms with E-state index in [1.807, 2.05) is 12.1 Å². The van der Waals surface area contributed by atoms with Gasteiger partial charge in [0.1, 0.15) is 5.69 Å². The van der Waals surface area contributed by atoms with Gasteiger partial charge in [-0.25, -0.2) is 4.79 Å². The van der Waals surface area contributed by atoms with Crippen molar-refractivity contribution in [3.05, 3.63) is 34.5 Å². The summed E-state index contributed by atoms with van der Waals surface area (Å²) >= 11 is 6.36. The lowest BCUT2D eigenvalue weighted by Gasteiger charge is -2.04. The van der Waals surface area contributed by atoms with Crippen LogP contribution in [0.25, 0.3) is 10.9 Å². The number of carboxylic acid groups (broad SMARTS) is 1. The third-order valence-corrected chi connectivity index (χ3v) is 3.85. The third-order valence-electron chi connectivity index (χ3n) is 3.43. The van der Waals surface area contributed by atoms with Crippen LogP contribution < -0.4 is 0 Å². The van der Waals surface area contributed by atoms with E-state index >= 15 is 0 Å². The van der Waals surface area contributed by atoms with Gasteiger partial charge in [0.2, 0.25) is 0 Å². The second-order valence-electron chi connectivity index (χ2n) is 4.57. The lowest BCUT2D eigenvalue weighted by atomic mass is 10.1. The van der Waals surface area contributed by atoms with E-state index in [1.165, 1.54) is 12.8 Å². The zero-order valence-corrected chi connectivity index (χ0v) is 10.2. The molecule has 1 aromatic heterocycles. The minimum atomic E-state index is -0.923. The molecule has 1 aliphatic carbocycles. The Hall–Kier alpha value is -1.48. The van der Waals surface area contributed by atoms with Crippen molar-refractivity contribution in [1.82, 2.24) is 4.57 Å². The molecule has 17 heavy (non-hydrogen) atoms. The zero-order valence-electron chi connectivity index (χ0n) is 9.40. The van der Waals surface area contributed by atoms with Gasteiger partial charge in [-0.15, -0.1) is 0 Å². The molecule has 0 aliphatic heterocycles. The summed E-state index contributed by atoms with van der Waals surface area (Å²) in [5.41, 5.74) is 2.30. The first kappa shape index (κ1) is 10.7. The van der Waals surface area contributed by atoms with Gasteiger partial charge in [0, 0.05) is 18.0 Å². The SMILES string of the molecule is Cn1c(C(=O)O)cc2c(Cl)c(C3CC3)ccc21. The molecule has 0 atom stereocenters. The summed E-state index contributed by atoms with van der Waals surface area (Å²) in [6.07, 6.45) is 2.37. The normalized spacial score (nSPS) is 15.4. The van der Waals surface area contributed by atoms with Gasteiger partial charge >= 0.3 is 5.97 Å². The summed E-state index contributed by atoms with van der Waals surface area (Å²) < 4.78 is 1.67. The highest BCUT2D eigenvalue weighted by atomic mass is 35.5. The van der Waals surface area contributed by atoms with Crippen LogP contribution in [0.4, 0.5) is 0 Å². The molecule has 1 aromatic carbocycles. The molecule has 0 saturated heterocycles. The minimum Gasteiger partial charge on any atom is -0.477 e. The van der Waals surface area contributed by atoms with Crippen LogP contribution in [0, 0.1) is 0 Å². The van der Waals surface area contributed by atoms with Crippen LogP contribution in [0.15, 0.2) is 18.2 Å². The van der Waals surface area contributed by atoms with Gasteiger partial charge in [0.05, 0.1) is 5.02 Å². The Bertz CT molecular complexity index is 626. The number of carbonyl (C=O) groups is 1. The monoisotopic (exact) mass is 249 g/mol. The molecule has 0 unspecified atom stereocenters. The number of hydrogen-bond donors (Lipinski definition) is 1. The van der Waals surface area contributed by atoms with Crippen LogP contribution in [0.1, 0.15) is 34.8 Å². The van der Waals surface area contributed by atoms with Gasteiger partial charge in [0.15, 0.2) is 0 Å². The van der Waals surface area contributed by atoms with E-state index in [4.69, 9.17) is 16.7 Å². The molecule has 1 N–H and O–H groups in total. The summed E-state index contributed by atoms with van der Waals surface area (Å²) in [4.78, 5) is 11.1.